The molecule has 2 aliphatic rings. The number of hydrogen-bond donors (Lipinski definition) is 1. The van der Waals surface area contributed by atoms with Crippen LogP contribution in [0, 0.1) is 6.92 Å². The number of ether oxygens (including phenoxy) is 2. The molecule has 2 aliphatic heterocycles. The summed E-state index contributed by atoms with van der Waals surface area (Å²) < 4.78 is 10.9. The predicted octanol–water partition coefficient (Wildman–Crippen LogP) is 3.60. The number of Topliss-reactive ketones (excluding diaryl/α,β-unsaturated/α-hetero) is 1. The average molecular weight is 407 g/mol. The molecule has 0 spiro atoms. The number of carbonyl (C=O) groups is 2. The minimum atomic E-state index is -0.674. The Labute approximate surface area is 175 Å². The van der Waals surface area contributed by atoms with Gasteiger partial charge in [-0.1, -0.05) is 29.8 Å². The Kier molecular flexibility index (Phi) is 5.59. The number of methoxy groups -OCH3 is 1. The first-order valence-corrected chi connectivity index (χ1v) is 10.1. The Morgan fingerprint density at radius 1 is 1.13 bits per heavy atom. The van der Waals surface area contributed by atoms with Crippen LogP contribution in [0.1, 0.15) is 35.6 Å². The minimum absolute atomic E-state index is 0.0998. The van der Waals surface area contributed by atoms with Gasteiger partial charge in [0.15, 0.2) is 0 Å². The molecule has 6 heteroatoms. The molecule has 2 atom stereocenters. The van der Waals surface area contributed by atoms with Crippen molar-refractivity contribution in [1.82, 2.24) is 4.90 Å². The second-order valence-corrected chi connectivity index (χ2v) is 7.73. The molecule has 1 N–H and O–H groups in total. The number of ketones is 1. The summed E-state index contributed by atoms with van der Waals surface area (Å²) in [6.45, 7) is 2.96. The fourth-order valence-corrected chi connectivity index (χ4v) is 4.08. The molecule has 156 valence electrons. The van der Waals surface area contributed by atoms with Crippen LogP contribution < -0.4 is 4.74 Å². The number of aliphatic hydroxyl groups excluding tert-OH is 1. The fourth-order valence-electron chi connectivity index (χ4n) is 4.08. The number of benzene rings is 2. The Balaban J connectivity index is 1.80. The zero-order valence-corrected chi connectivity index (χ0v) is 17.1. The van der Waals surface area contributed by atoms with E-state index in [4.69, 9.17) is 9.47 Å². The minimum Gasteiger partial charge on any atom is -0.507 e. The van der Waals surface area contributed by atoms with Crippen LogP contribution in [0.4, 0.5) is 0 Å². The molecule has 2 aromatic carbocycles. The highest BCUT2D eigenvalue weighted by atomic mass is 16.5. The van der Waals surface area contributed by atoms with Gasteiger partial charge in [-0.25, -0.2) is 0 Å². The molecule has 0 bridgehead atoms. The van der Waals surface area contributed by atoms with Gasteiger partial charge in [0.2, 0.25) is 0 Å². The molecular formula is C24H25NO5. The van der Waals surface area contributed by atoms with Crippen molar-refractivity contribution in [1.29, 1.82) is 0 Å². The maximum absolute atomic E-state index is 13.0. The van der Waals surface area contributed by atoms with E-state index in [-0.39, 0.29) is 17.4 Å². The van der Waals surface area contributed by atoms with Crippen molar-refractivity contribution in [2.24, 2.45) is 0 Å². The van der Waals surface area contributed by atoms with Crippen LogP contribution in [0.2, 0.25) is 0 Å². The van der Waals surface area contributed by atoms with E-state index in [1.54, 1.807) is 31.4 Å². The first-order chi connectivity index (χ1) is 14.5. The lowest BCUT2D eigenvalue weighted by Crippen LogP contribution is -2.36. The molecule has 0 saturated carbocycles. The second-order valence-electron chi connectivity index (χ2n) is 7.73. The van der Waals surface area contributed by atoms with Crippen LogP contribution >= 0.6 is 0 Å². The van der Waals surface area contributed by atoms with E-state index >= 15 is 0 Å². The quantitative estimate of drug-likeness (QED) is 0.466. The van der Waals surface area contributed by atoms with Gasteiger partial charge in [-0.15, -0.1) is 0 Å². The monoisotopic (exact) mass is 407 g/mol. The van der Waals surface area contributed by atoms with Crippen molar-refractivity contribution in [2.75, 3.05) is 20.3 Å². The molecule has 2 saturated heterocycles. The van der Waals surface area contributed by atoms with Crippen LogP contribution in [0.5, 0.6) is 5.75 Å². The summed E-state index contributed by atoms with van der Waals surface area (Å²) in [4.78, 5) is 27.5. The van der Waals surface area contributed by atoms with Crippen molar-refractivity contribution in [3.63, 3.8) is 0 Å². The summed E-state index contributed by atoms with van der Waals surface area (Å²) in [5.41, 5.74) is 2.42. The topological polar surface area (TPSA) is 76.1 Å². The van der Waals surface area contributed by atoms with Crippen LogP contribution in [-0.2, 0) is 14.3 Å². The van der Waals surface area contributed by atoms with E-state index in [9.17, 15) is 14.7 Å². The first kappa shape index (κ1) is 20.2. The van der Waals surface area contributed by atoms with Gasteiger partial charge in [0.05, 0.1) is 24.8 Å². The molecule has 2 unspecified atom stereocenters. The molecule has 4 rings (SSSR count). The lowest BCUT2D eigenvalue weighted by molar-refractivity contribution is -0.140. The zero-order valence-electron chi connectivity index (χ0n) is 17.1. The van der Waals surface area contributed by atoms with E-state index in [0.717, 1.165) is 24.0 Å². The summed E-state index contributed by atoms with van der Waals surface area (Å²) in [6, 6.07) is 13.8. The molecule has 30 heavy (non-hydrogen) atoms. The summed E-state index contributed by atoms with van der Waals surface area (Å²) in [7, 11) is 1.56. The van der Waals surface area contributed by atoms with E-state index in [1.165, 1.54) is 4.90 Å². The molecule has 0 radical (unpaired) electrons. The summed E-state index contributed by atoms with van der Waals surface area (Å²) in [5, 5.41) is 11.0. The van der Waals surface area contributed by atoms with Gasteiger partial charge in [-0.3, -0.25) is 9.59 Å². The fraction of sp³-hybridized carbons (Fsp3) is 0.333. The van der Waals surface area contributed by atoms with Gasteiger partial charge in [-0.2, -0.15) is 0 Å². The van der Waals surface area contributed by atoms with Crippen molar-refractivity contribution >= 4 is 17.4 Å². The van der Waals surface area contributed by atoms with E-state index in [0.29, 0.717) is 24.5 Å². The SMILES string of the molecule is COc1ccc(/C(O)=C2\C(=O)C(=O)N(CC3CCCO3)C2c2ccc(C)cc2)cc1. The number of aryl methyl sites for hydroxylation is 1. The molecule has 6 nitrogen and oxygen atoms in total. The van der Waals surface area contributed by atoms with Gasteiger partial charge in [-0.05, 0) is 49.6 Å². The zero-order chi connectivity index (χ0) is 21.3. The van der Waals surface area contributed by atoms with Gasteiger partial charge >= 0.3 is 0 Å². The van der Waals surface area contributed by atoms with Crippen molar-refractivity contribution < 1.29 is 24.2 Å². The molecule has 2 fully saturated rings. The third kappa shape index (κ3) is 3.71. The number of hydrogen-bond acceptors (Lipinski definition) is 5. The number of nitrogens with zero attached hydrogens (tertiary/aromatic N) is 1. The maximum Gasteiger partial charge on any atom is 0.295 e. The smallest absolute Gasteiger partial charge is 0.295 e. The summed E-state index contributed by atoms with van der Waals surface area (Å²) >= 11 is 0. The predicted molar refractivity (Wildman–Crippen MR) is 112 cm³/mol. The molecular weight excluding hydrogens is 382 g/mol. The molecule has 2 aromatic rings. The first-order valence-electron chi connectivity index (χ1n) is 10.1. The van der Waals surface area contributed by atoms with Crippen LogP contribution in [0.3, 0.4) is 0 Å². The third-order valence-corrected chi connectivity index (χ3v) is 5.72. The normalized spacial score (nSPS) is 23.2. The Hall–Kier alpha value is -3.12. The number of rotatable bonds is 5. The van der Waals surface area contributed by atoms with Crippen molar-refractivity contribution in [3.05, 3.63) is 70.8 Å². The molecule has 0 aromatic heterocycles. The number of aliphatic hydroxyl groups is 1. The standard InChI is InChI=1S/C24H25NO5/c1-15-5-7-16(8-6-15)21-20(22(26)17-9-11-18(29-2)12-10-17)23(27)24(28)25(21)14-19-4-3-13-30-19/h5-12,19,21,26H,3-4,13-14H2,1-2H3/b22-20+. The lowest BCUT2D eigenvalue weighted by Gasteiger charge is -2.27. The number of carbonyl (C=O) groups excluding carboxylic acids is 2. The van der Waals surface area contributed by atoms with Crippen LogP contribution in [0.25, 0.3) is 5.76 Å². The summed E-state index contributed by atoms with van der Waals surface area (Å²) in [5.74, 6) is -0.824. The highest BCUT2D eigenvalue weighted by Crippen LogP contribution is 2.40. The van der Waals surface area contributed by atoms with E-state index in [1.807, 2.05) is 31.2 Å². The molecule has 0 aliphatic carbocycles. The summed E-state index contributed by atoms with van der Waals surface area (Å²) in [6.07, 6.45) is 1.69. The molecule has 1 amide bonds. The average Bonchev–Trinajstić information content (AvgIpc) is 3.36. The Bertz CT molecular complexity index is 972. The van der Waals surface area contributed by atoms with Gasteiger partial charge in [0, 0.05) is 18.7 Å². The van der Waals surface area contributed by atoms with Gasteiger partial charge in [0.25, 0.3) is 11.7 Å². The highest BCUT2D eigenvalue weighted by molar-refractivity contribution is 6.46. The maximum atomic E-state index is 13.0. The van der Waals surface area contributed by atoms with Crippen LogP contribution in [0.15, 0.2) is 54.1 Å². The highest BCUT2D eigenvalue weighted by Gasteiger charge is 2.47. The molecule has 2 heterocycles. The van der Waals surface area contributed by atoms with Crippen molar-refractivity contribution in [2.45, 2.75) is 31.9 Å². The van der Waals surface area contributed by atoms with Crippen LogP contribution in [-0.4, -0.2) is 48.1 Å². The van der Waals surface area contributed by atoms with Gasteiger partial charge in [0.1, 0.15) is 11.5 Å². The number of likely N-dealkylation sites (tertiary alicyclic amines) is 1. The van der Waals surface area contributed by atoms with E-state index < -0.39 is 17.7 Å². The Morgan fingerprint density at radius 2 is 1.83 bits per heavy atom. The van der Waals surface area contributed by atoms with Crippen molar-refractivity contribution in [3.8, 4) is 5.75 Å². The third-order valence-electron chi connectivity index (χ3n) is 5.72. The van der Waals surface area contributed by atoms with Gasteiger partial charge < -0.3 is 19.5 Å². The largest absolute Gasteiger partial charge is 0.507 e. The number of amides is 1. The Morgan fingerprint density at radius 3 is 2.43 bits per heavy atom. The second kappa shape index (κ2) is 8.32. The lowest BCUT2D eigenvalue weighted by atomic mass is 9.94. The van der Waals surface area contributed by atoms with E-state index in [2.05, 4.69) is 0 Å².